The van der Waals surface area contributed by atoms with Crippen molar-refractivity contribution in [2.75, 3.05) is 52.4 Å². The van der Waals surface area contributed by atoms with Crippen LogP contribution < -0.4 is 10.6 Å². The van der Waals surface area contributed by atoms with Crippen LogP contribution in [0.25, 0.3) is 0 Å². The lowest BCUT2D eigenvalue weighted by Gasteiger charge is -2.31. The van der Waals surface area contributed by atoms with Gasteiger partial charge < -0.3 is 15.5 Å². The summed E-state index contributed by atoms with van der Waals surface area (Å²) in [6, 6.07) is 0. The van der Waals surface area contributed by atoms with Crippen LogP contribution in [-0.2, 0) is 10.0 Å². The lowest BCUT2D eigenvalue weighted by molar-refractivity contribution is -0.0496. The molecule has 7 nitrogen and oxygen atoms in total. The van der Waals surface area contributed by atoms with Gasteiger partial charge in [0.05, 0.1) is 0 Å². The first kappa shape index (κ1) is 27.7. The predicted molar refractivity (Wildman–Crippen MR) is 124 cm³/mol. The van der Waals surface area contributed by atoms with Crippen molar-refractivity contribution in [2.24, 2.45) is 16.8 Å². The van der Waals surface area contributed by atoms with E-state index < -0.39 is 15.5 Å². The lowest BCUT2D eigenvalue weighted by Crippen LogP contribution is -2.47. The van der Waals surface area contributed by atoms with E-state index in [1.807, 2.05) is 6.92 Å². The number of rotatable bonds is 8. The standard InChI is InChI=1S/C18H34F3N5O2S.HI/c1-3-8-25-9-5-16(14-25)13-24-17(22-4-2)23-12-15-6-10-26(11-7-15)29(27,28)18(19,20)21;/h15-16H,3-14H2,1-2H3,(H2,22,23,24);1H. The van der Waals surface area contributed by atoms with Gasteiger partial charge in [-0.2, -0.15) is 17.5 Å². The number of piperidine rings is 1. The van der Waals surface area contributed by atoms with E-state index in [0.29, 0.717) is 35.6 Å². The van der Waals surface area contributed by atoms with Crippen LogP contribution in [0.3, 0.4) is 0 Å². The molecule has 2 fully saturated rings. The first-order valence-electron chi connectivity index (χ1n) is 10.5. The van der Waals surface area contributed by atoms with Gasteiger partial charge in [-0.15, -0.1) is 24.0 Å². The topological polar surface area (TPSA) is 77.0 Å². The van der Waals surface area contributed by atoms with Gasteiger partial charge in [-0.3, -0.25) is 4.99 Å². The van der Waals surface area contributed by atoms with Gasteiger partial charge in [-0.25, -0.2) is 8.42 Å². The second kappa shape index (κ2) is 12.6. The largest absolute Gasteiger partial charge is 0.511 e. The van der Waals surface area contributed by atoms with Crippen molar-refractivity contribution in [1.82, 2.24) is 19.8 Å². The molecule has 2 aliphatic rings. The van der Waals surface area contributed by atoms with Crippen LogP contribution in [-0.4, -0.2) is 81.4 Å². The Morgan fingerprint density at radius 3 is 2.27 bits per heavy atom. The molecule has 0 spiro atoms. The predicted octanol–water partition coefficient (Wildman–Crippen LogP) is 2.45. The highest BCUT2D eigenvalue weighted by molar-refractivity contribution is 14.0. The maximum Gasteiger partial charge on any atom is 0.511 e. The molecule has 0 aromatic heterocycles. The van der Waals surface area contributed by atoms with E-state index in [9.17, 15) is 21.6 Å². The van der Waals surface area contributed by atoms with Gasteiger partial charge in [0.25, 0.3) is 0 Å². The second-order valence-electron chi connectivity index (χ2n) is 7.85. The third kappa shape index (κ3) is 7.97. The lowest BCUT2D eigenvalue weighted by atomic mass is 9.98. The number of aliphatic imine (C=N–C) groups is 1. The summed E-state index contributed by atoms with van der Waals surface area (Å²) in [5.41, 5.74) is -5.23. The molecule has 178 valence electrons. The van der Waals surface area contributed by atoms with Crippen LogP contribution in [0.2, 0.25) is 0 Å². The summed E-state index contributed by atoms with van der Waals surface area (Å²) in [5, 5.41) is 6.48. The third-order valence-electron chi connectivity index (χ3n) is 5.53. The van der Waals surface area contributed by atoms with Crippen molar-refractivity contribution in [3.05, 3.63) is 0 Å². The molecule has 2 N–H and O–H groups in total. The molecule has 0 aromatic carbocycles. The normalized spacial score (nSPS) is 22.7. The Labute approximate surface area is 195 Å². The Bertz CT molecular complexity index is 640. The average Bonchev–Trinajstić information content (AvgIpc) is 3.11. The van der Waals surface area contributed by atoms with Crippen molar-refractivity contribution in [2.45, 2.75) is 45.0 Å². The zero-order valence-electron chi connectivity index (χ0n) is 17.7. The van der Waals surface area contributed by atoms with E-state index in [0.717, 1.165) is 45.6 Å². The van der Waals surface area contributed by atoms with Crippen molar-refractivity contribution in [1.29, 1.82) is 0 Å². The Hall–Kier alpha value is -0.340. The number of hydrogen-bond acceptors (Lipinski definition) is 4. The molecule has 2 heterocycles. The van der Waals surface area contributed by atoms with Gasteiger partial charge in [0.2, 0.25) is 0 Å². The minimum absolute atomic E-state index is 0. The van der Waals surface area contributed by atoms with Crippen LogP contribution in [0.5, 0.6) is 0 Å². The van der Waals surface area contributed by atoms with E-state index in [1.54, 1.807) is 0 Å². The SMILES string of the molecule is CCCN1CCC(CN=C(NCC)NCC2CCN(S(=O)(=O)C(F)(F)F)CC2)C1.I. The smallest absolute Gasteiger partial charge is 0.357 e. The fraction of sp³-hybridized carbons (Fsp3) is 0.944. The molecule has 0 aliphatic carbocycles. The zero-order valence-corrected chi connectivity index (χ0v) is 20.9. The van der Waals surface area contributed by atoms with Crippen molar-refractivity contribution < 1.29 is 21.6 Å². The number of guanidine groups is 1. The molecule has 2 rings (SSSR count). The Morgan fingerprint density at radius 1 is 1.07 bits per heavy atom. The fourth-order valence-electron chi connectivity index (χ4n) is 3.88. The molecule has 2 saturated heterocycles. The summed E-state index contributed by atoms with van der Waals surface area (Å²) in [4.78, 5) is 7.14. The average molecular weight is 569 g/mol. The molecule has 2 aliphatic heterocycles. The Balaban J connectivity index is 0.00000450. The summed E-state index contributed by atoms with van der Waals surface area (Å²) in [6.45, 7) is 9.32. The highest BCUT2D eigenvalue weighted by Crippen LogP contribution is 2.30. The number of hydrogen-bond donors (Lipinski definition) is 2. The molecular formula is C18H35F3IN5O2S. The molecule has 0 saturated carbocycles. The molecule has 0 radical (unpaired) electrons. The second-order valence-corrected chi connectivity index (χ2v) is 9.78. The number of likely N-dealkylation sites (tertiary alicyclic amines) is 1. The van der Waals surface area contributed by atoms with Crippen molar-refractivity contribution in [3.63, 3.8) is 0 Å². The molecule has 0 amide bonds. The summed E-state index contributed by atoms with van der Waals surface area (Å²) >= 11 is 0. The van der Waals surface area contributed by atoms with E-state index in [2.05, 4.69) is 27.4 Å². The van der Waals surface area contributed by atoms with Crippen LogP contribution in [0.4, 0.5) is 13.2 Å². The first-order chi connectivity index (χ1) is 13.7. The Morgan fingerprint density at radius 2 is 1.70 bits per heavy atom. The van der Waals surface area contributed by atoms with Crippen LogP contribution in [0.1, 0.15) is 39.5 Å². The van der Waals surface area contributed by atoms with E-state index in [-0.39, 0.29) is 43.0 Å². The van der Waals surface area contributed by atoms with E-state index in [1.165, 1.54) is 0 Å². The Kier molecular flexibility index (Phi) is 11.7. The molecular weight excluding hydrogens is 534 g/mol. The number of halogens is 4. The highest BCUT2D eigenvalue weighted by Gasteiger charge is 2.50. The van der Waals surface area contributed by atoms with Crippen molar-refractivity contribution in [3.8, 4) is 0 Å². The van der Waals surface area contributed by atoms with E-state index >= 15 is 0 Å². The molecule has 0 aromatic rings. The number of nitrogens with zero attached hydrogens (tertiary/aromatic N) is 3. The number of nitrogens with one attached hydrogen (secondary N) is 2. The first-order valence-corrected chi connectivity index (χ1v) is 11.9. The van der Waals surface area contributed by atoms with Crippen LogP contribution in [0, 0.1) is 11.8 Å². The van der Waals surface area contributed by atoms with Crippen LogP contribution >= 0.6 is 24.0 Å². The minimum Gasteiger partial charge on any atom is -0.357 e. The summed E-state index contributed by atoms with van der Waals surface area (Å²) < 4.78 is 61.5. The minimum atomic E-state index is -5.23. The molecule has 1 atom stereocenters. The highest BCUT2D eigenvalue weighted by atomic mass is 127. The van der Waals surface area contributed by atoms with Gasteiger partial charge in [0.15, 0.2) is 5.96 Å². The van der Waals surface area contributed by atoms with Gasteiger partial charge in [0, 0.05) is 39.3 Å². The zero-order chi connectivity index (χ0) is 21.5. The molecule has 0 bridgehead atoms. The molecule has 30 heavy (non-hydrogen) atoms. The maximum atomic E-state index is 12.7. The van der Waals surface area contributed by atoms with Gasteiger partial charge in [-0.1, -0.05) is 6.92 Å². The van der Waals surface area contributed by atoms with Gasteiger partial charge in [0.1, 0.15) is 0 Å². The van der Waals surface area contributed by atoms with Crippen LogP contribution in [0.15, 0.2) is 4.99 Å². The monoisotopic (exact) mass is 569 g/mol. The van der Waals surface area contributed by atoms with Crippen molar-refractivity contribution >= 4 is 40.0 Å². The maximum absolute atomic E-state index is 12.7. The molecule has 12 heteroatoms. The number of sulfonamides is 1. The third-order valence-corrected chi connectivity index (χ3v) is 7.16. The quantitative estimate of drug-likeness (QED) is 0.267. The summed E-state index contributed by atoms with van der Waals surface area (Å²) in [7, 11) is -5.22. The summed E-state index contributed by atoms with van der Waals surface area (Å²) in [6.07, 6.45) is 3.10. The molecule has 1 unspecified atom stereocenters. The van der Waals surface area contributed by atoms with E-state index in [4.69, 9.17) is 0 Å². The number of alkyl halides is 3. The van der Waals surface area contributed by atoms with Gasteiger partial charge >= 0.3 is 15.5 Å². The van der Waals surface area contributed by atoms with Gasteiger partial charge in [-0.05, 0) is 57.5 Å². The fourth-order valence-corrected chi connectivity index (χ4v) is 4.87. The summed E-state index contributed by atoms with van der Waals surface area (Å²) in [5.74, 6) is 1.38.